The number of imide groups is 1. The molecule has 2 atom stereocenters. The highest BCUT2D eigenvalue weighted by Crippen LogP contribution is 2.29. The van der Waals surface area contributed by atoms with Crippen molar-refractivity contribution in [3.63, 3.8) is 0 Å². The van der Waals surface area contributed by atoms with Crippen molar-refractivity contribution in [3.8, 4) is 12.3 Å². The Balaban J connectivity index is 2.98. The number of nitrogens with zero attached hydrogens (tertiary/aromatic N) is 1. The van der Waals surface area contributed by atoms with Crippen molar-refractivity contribution < 1.29 is 23.9 Å². The van der Waals surface area contributed by atoms with Gasteiger partial charge >= 0.3 is 12.1 Å². The zero-order chi connectivity index (χ0) is 16.2. The minimum Gasteiger partial charge on any atom is -0.464 e. The average Bonchev–Trinajstić information content (AvgIpc) is 2.66. The van der Waals surface area contributed by atoms with E-state index in [1.807, 2.05) is 0 Å². The van der Waals surface area contributed by atoms with Gasteiger partial charge in [-0.2, -0.15) is 0 Å². The van der Waals surface area contributed by atoms with Crippen LogP contribution in [0.1, 0.15) is 40.5 Å². The number of esters is 1. The molecule has 0 spiro atoms. The van der Waals surface area contributed by atoms with Crippen LogP contribution in [0, 0.1) is 18.3 Å². The van der Waals surface area contributed by atoms with E-state index in [4.69, 9.17) is 15.9 Å². The summed E-state index contributed by atoms with van der Waals surface area (Å²) in [5.41, 5.74) is -0.763. The van der Waals surface area contributed by atoms with E-state index in [-0.39, 0.29) is 19.4 Å². The van der Waals surface area contributed by atoms with Gasteiger partial charge in [0.1, 0.15) is 11.6 Å². The third-order valence-corrected chi connectivity index (χ3v) is 2.92. The van der Waals surface area contributed by atoms with Gasteiger partial charge < -0.3 is 9.47 Å². The number of carbonyl (C=O) groups excluding carboxylic acids is 3. The van der Waals surface area contributed by atoms with Crippen LogP contribution < -0.4 is 0 Å². The number of hydrogen-bond acceptors (Lipinski definition) is 5. The first-order valence-corrected chi connectivity index (χ1v) is 6.87. The standard InChI is InChI=1S/C15H21NO5/c1-6-8-10-9-11(13(18)20-7-2)16(12(10)17)14(19)21-15(3,4)5/h1,10-11H,7-9H2,2-5H3/t10-,11-/m1/s1. The number of hydrogen-bond donors (Lipinski definition) is 0. The molecular formula is C15H21NO5. The maximum atomic E-state index is 12.3. The third kappa shape index (κ3) is 4.22. The SMILES string of the molecule is C#CC[C@@H]1C[C@H](C(=O)OCC)N(C(=O)OC(C)(C)C)C1=O. The Morgan fingerprint density at radius 2 is 2.05 bits per heavy atom. The van der Waals surface area contributed by atoms with Crippen LogP contribution in [0.25, 0.3) is 0 Å². The maximum Gasteiger partial charge on any atom is 0.417 e. The van der Waals surface area contributed by atoms with Crippen LogP contribution in [-0.2, 0) is 19.1 Å². The lowest BCUT2D eigenvalue weighted by molar-refractivity contribution is -0.151. The predicted molar refractivity (Wildman–Crippen MR) is 75.1 cm³/mol. The predicted octanol–water partition coefficient (Wildman–Crippen LogP) is 1.73. The fraction of sp³-hybridized carbons (Fsp3) is 0.667. The molecule has 1 rings (SSSR count). The minimum atomic E-state index is -0.967. The molecule has 1 aliphatic heterocycles. The van der Waals surface area contributed by atoms with E-state index in [1.165, 1.54) is 0 Å². The molecule has 116 valence electrons. The van der Waals surface area contributed by atoms with E-state index >= 15 is 0 Å². The van der Waals surface area contributed by atoms with Crippen molar-refractivity contribution >= 4 is 18.0 Å². The van der Waals surface area contributed by atoms with E-state index in [2.05, 4.69) is 5.92 Å². The van der Waals surface area contributed by atoms with Gasteiger partial charge in [0.15, 0.2) is 0 Å². The lowest BCUT2D eigenvalue weighted by Crippen LogP contribution is -2.46. The lowest BCUT2D eigenvalue weighted by Gasteiger charge is -2.26. The summed E-state index contributed by atoms with van der Waals surface area (Å²) in [6.07, 6.45) is 4.72. The van der Waals surface area contributed by atoms with Gasteiger partial charge in [0, 0.05) is 6.42 Å². The molecule has 0 bridgehead atoms. The Bertz CT molecular complexity index is 471. The van der Waals surface area contributed by atoms with E-state index in [0.717, 1.165) is 4.90 Å². The zero-order valence-electron chi connectivity index (χ0n) is 12.8. The van der Waals surface area contributed by atoms with Gasteiger partial charge in [0.2, 0.25) is 5.91 Å². The molecule has 0 unspecified atom stereocenters. The molecule has 0 radical (unpaired) electrons. The summed E-state index contributed by atoms with van der Waals surface area (Å²) < 4.78 is 10.1. The first kappa shape index (κ1) is 17.0. The lowest BCUT2D eigenvalue weighted by atomic mass is 10.0. The number of amides is 2. The van der Waals surface area contributed by atoms with Crippen LogP contribution in [0.15, 0.2) is 0 Å². The van der Waals surface area contributed by atoms with Gasteiger partial charge in [0.05, 0.1) is 12.5 Å². The molecule has 1 aliphatic rings. The second-order valence-electron chi connectivity index (χ2n) is 5.80. The van der Waals surface area contributed by atoms with Crippen LogP contribution in [0.4, 0.5) is 4.79 Å². The molecule has 0 saturated carbocycles. The summed E-state index contributed by atoms with van der Waals surface area (Å²) in [4.78, 5) is 37.2. The Hall–Kier alpha value is -2.03. The molecular weight excluding hydrogens is 274 g/mol. The Morgan fingerprint density at radius 1 is 1.43 bits per heavy atom. The number of rotatable bonds is 3. The second kappa shape index (κ2) is 6.61. The van der Waals surface area contributed by atoms with Crippen molar-refractivity contribution in [3.05, 3.63) is 0 Å². The number of carbonyl (C=O) groups is 3. The summed E-state index contributed by atoms with van der Waals surface area (Å²) >= 11 is 0. The smallest absolute Gasteiger partial charge is 0.417 e. The van der Waals surface area contributed by atoms with Gasteiger partial charge in [-0.1, -0.05) is 0 Å². The molecule has 6 nitrogen and oxygen atoms in total. The monoisotopic (exact) mass is 295 g/mol. The van der Waals surface area contributed by atoms with E-state index in [9.17, 15) is 14.4 Å². The normalized spacial score (nSPS) is 21.9. The average molecular weight is 295 g/mol. The van der Waals surface area contributed by atoms with E-state index in [1.54, 1.807) is 27.7 Å². The summed E-state index contributed by atoms with van der Waals surface area (Å²) in [6, 6.07) is -0.967. The summed E-state index contributed by atoms with van der Waals surface area (Å²) in [5, 5.41) is 0. The topological polar surface area (TPSA) is 72.9 Å². The highest BCUT2D eigenvalue weighted by Gasteiger charge is 2.48. The van der Waals surface area contributed by atoms with Gasteiger partial charge in [-0.25, -0.2) is 14.5 Å². The van der Waals surface area contributed by atoms with Crippen molar-refractivity contribution in [2.45, 2.75) is 52.2 Å². The van der Waals surface area contributed by atoms with Crippen LogP contribution in [0.3, 0.4) is 0 Å². The highest BCUT2D eigenvalue weighted by molar-refractivity contribution is 6.00. The van der Waals surface area contributed by atoms with Crippen LogP contribution >= 0.6 is 0 Å². The number of ether oxygens (including phenoxy) is 2. The van der Waals surface area contributed by atoms with Crippen LogP contribution in [0.2, 0.25) is 0 Å². The molecule has 1 saturated heterocycles. The van der Waals surface area contributed by atoms with Gasteiger partial charge in [0.25, 0.3) is 0 Å². The molecule has 21 heavy (non-hydrogen) atoms. The van der Waals surface area contributed by atoms with Crippen molar-refractivity contribution in [2.75, 3.05) is 6.61 Å². The summed E-state index contributed by atoms with van der Waals surface area (Å²) in [7, 11) is 0. The fourth-order valence-electron chi connectivity index (χ4n) is 2.11. The minimum absolute atomic E-state index is 0.168. The molecule has 0 N–H and O–H groups in total. The molecule has 0 aromatic rings. The van der Waals surface area contributed by atoms with Gasteiger partial charge in [-0.15, -0.1) is 12.3 Å². The van der Waals surface area contributed by atoms with E-state index < -0.39 is 35.5 Å². The highest BCUT2D eigenvalue weighted by atomic mass is 16.6. The molecule has 0 aliphatic carbocycles. The second-order valence-corrected chi connectivity index (χ2v) is 5.80. The molecule has 2 amide bonds. The zero-order valence-corrected chi connectivity index (χ0v) is 12.8. The Morgan fingerprint density at radius 3 is 2.52 bits per heavy atom. The summed E-state index contributed by atoms with van der Waals surface area (Å²) in [6.45, 7) is 6.88. The van der Waals surface area contributed by atoms with Gasteiger partial charge in [-0.3, -0.25) is 4.79 Å². The van der Waals surface area contributed by atoms with Crippen LogP contribution in [-0.4, -0.2) is 41.1 Å². The Kier molecular flexibility index (Phi) is 5.36. The summed E-state index contributed by atoms with van der Waals surface area (Å²) in [5.74, 6) is 0.729. The quantitative estimate of drug-likeness (QED) is 0.585. The Labute approximate surface area is 124 Å². The fourth-order valence-corrected chi connectivity index (χ4v) is 2.11. The van der Waals surface area contributed by atoms with E-state index in [0.29, 0.717) is 0 Å². The first-order chi connectivity index (χ1) is 9.71. The number of likely N-dealkylation sites (tertiary alicyclic amines) is 1. The van der Waals surface area contributed by atoms with Crippen molar-refractivity contribution in [1.82, 2.24) is 4.90 Å². The molecule has 1 fully saturated rings. The van der Waals surface area contributed by atoms with Crippen molar-refractivity contribution in [1.29, 1.82) is 0 Å². The molecule has 0 aromatic carbocycles. The molecule has 6 heteroatoms. The molecule has 1 heterocycles. The number of terminal acetylenes is 1. The van der Waals surface area contributed by atoms with Crippen LogP contribution in [0.5, 0.6) is 0 Å². The third-order valence-electron chi connectivity index (χ3n) is 2.92. The maximum absolute atomic E-state index is 12.3. The van der Waals surface area contributed by atoms with Crippen molar-refractivity contribution in [2.24, 2.45) is 5.92 Å². The first-order valence-electron chi connectivity index (χ1n) is 6.87. The molecule has 0 aromatic heterocycles. The largest absolute Gasteiger partial charge is 0.464 e. The van der Waals surface area contributed by atoms with Gasteiger partial charge in [-0.05, 0) is 34.1 Å².